The maximum Gasteiger partial charge on any atom is 0.222 e. The lowest BCUT2D eigenvalue weighted by Crippen LogP contribution is -2.26. The minimum atomic E-state index is 0.167. The first-order chi connectivity index (χ1) is 5.26. The van der Waals surface area contributed by atoms with Crippen molar-refractivity contribution in [2.75, 3.05) is 7.05 Å². The zero-order valence-electron chi connectivity index (χ0n) is 8.40. The topological polar surface area (TPSA) is 29.1 Å². The van der Waals surface area contributed by atoms with E-state index in [9.17, 15) is 4.79 Å². The van der Waals surface area contributed by atoms with Crippen molar-refractivity contribution in [3.63, 3.8) is 0 Å². The van der Waals surface area contributed by atoms with Crippen LogP contribution in [-0.4, -0.2) is 13.0 Å². The molecule has 0 saturated heterocycles. The maximum atomic E-state index is 10.9. The second kappa shape index (κ2) is 9.47. The van der Waals surface area contributed by atoms with E-state index in [0.717, 1.165) is 12.8 Å². The molecule has 0 fully saturated rings. The van der Waals surface area contributed by atoms with E-state index in [1.165, 1.54) is 0 Å². The van der Waals surface area contributed by atoms with E-state index in [-0.39, 0.29) is 11.8 Å². The second-order valence-electron chi connectivity index (χ2n) is 2.13. The van der Waals surface area contributed by atoms with E-state index < -0.39 is 0 Å². The molecule has 1 amide bonds. The Hall–Kier alpha value is -0.530. The molecule has 0 aromatic rings. The molecule has 0 heterocycles. The number of carbonyl (C=O) groups is 1. The summed E-state index contributed by atoms with van der Waals surface area (Å²) in [5.74, 6) is 0.384. The lowest BCUT2D eigenvalue weighted by Gasteiger charge is -2.08. The minimum absolute atomic E-state index is 0.167. The molecular weight excluding hydrogens is 138 g/mol. The predicted molar refractivity (Wildman–Crippen MR) is 49.5 cm³/mol. The molecule has 0 radical (unpaired) electrons. The highest BCUT2D eigenvalue weighted by Crippen LogP contribution is 2.05. The van der Waals surface area contributed by atoms with Gasteiger partial charge in [-0.15, -0.1) is 0 Å². The van der Waals surface area contributed by atoms with Crippen LogP contribution in [0.2, 0.25) is 0 Å². The normalized spacial score (nSPS) is 8.55. The number of amides is 1. The van der Waals surface area contributed by atoms with Gasteiger partial charge < -0.3 is 5.32 Å². The van der Waals surface area contributed by atoms with Crippen LogP contribution < -0.4 is 5.32 Å². The Morgan fingerprint density at radius 3 is 1.73 bits per heavy atom. The van der Waals surface area contributed by atoms with Gasteiger partial charge in [-0.2, -0.15) is 0 Å². The van der Waals surface area contributed by atoms with Gasteiger partial charge in [-0.05, 0) is 12.8 Å². The zero-order valence-corrected chi connectivity index (χ0v) is 8.40. The average molecular weight is 159 g/mol. The van der Waals surface area contributed by atoms with Gasteiger partial charge in [0.2, 0.25) is 5.91 Å². The molecule has 2 nitrogen and oxygen atoms in total. The predicted octanol–water partition coefficient (Wildman–Crippen LogP) is 2.19. The van der Waals surface area contributed by atoms with Gasteiger partial charge in [0.1, 0.15) is 0 Å². The van der Waals surface area contributed by atoms with Gasteiger partial charge in [-0.1, -0.05) is 27.7 Å². The summed E-state index contributed by atoms with van der Waals surface area (Å²) >= 11 is 0. The monoisotopic (exact) mass is 159 g/mol. The third-order valence-corrected chi connectivity index (χ3v) is 1.60. The fraction of sp³-hybridized carbons (Fsp3) is 0.889. The molecule has 0 unspecified atom stereocenters. The molecule has 0 aliphatic heterocycles. The lowest BCUT2D eigenvalue weighted by atomic mass is 10.0. The van der Waals surface area contributed by atoms with Gasteiger partial charge in [-0.3, -0.25) is 4.79 Å². The lowest BCUT2D eigenvalue weighted by molar-refractivity contribution is -0.124. The summed E-state index contributed by atoms with van der Waals surface area (Å²) in [7, 11) is 1.68. The third kappa shape index (κ3) is 5.89. The van der Waals surface area contributed by atoms with Crippen LogP contribution in [0.5, 0.6) is 0 Å². The first-order valence-electron chi connectivity index (χ1n) is 4.47. The smallest absolute Gasteiger partial charge is 0.222 e. The minimum Gasteiger partial charge on any atom is -0.359 e. The van der Waals surface area contributed by atoms with Crippen LogP contribution in [0.1, 0.15) is 40.5 Å². The van der Waals surface area contributed by atoms with Gasteiger partial charge >= 0.3 is 0 Å². The number of carbonyl (C=O) groups excluding carboxylic acids is 1. The van der Waals surface area contributed by atoms with E-state index in [4.69, 9.17) is 0 Å². The van der Waals surface area contributed by atoms with Gasteiger partial charge in [0.05, 0.1) is 0 Å². The summed E-state index contributed by atoms with van der Waals surface area (Å²) in [5.41, 5.74) is 0. The third-order valence-electron chi connectivity index (χ3n) is 1.60. The Bertz CT molecular complexity index is 87.6. The Morgan fingerprint density at radius 2 is 1.64 bits per heavy atom. The molecular formula is C9H21NO. The largest absolute Gasteiger partial charge is 0.359 e. The van der Waals surface area contributed by atoms with Crippen molar-refractivity contribution in [1.29, 1.82) is 0 Å². The summed E-state index contributed by atoms with van der Waals surface area (Å²) < 4.78 is 0. The molecule has 68 valence electrons. The SMILES string of the molecule is CC.CCC(CC)C(=O)NC. The Kier molecular flexibility index (Phi) is 11.3. The molecule has 0 spiro atoms. The fourth-order valence-corrected chi connectivity index (χ4v) is 0.864. The van der Waals surface area contributed by atoms with Crippen LogP contribution in [0.4, 0.5) is 0 Å². The summed E-state index contributed by atoms with van der Waals surface area (Å²) in [5, 5.41) is 2.63. The second-order valence-corrected chi connectivity index (χ2v) is 2.13. The quantitative estimate of drug-likeness (QED) is 0.672. The van der Waals surface area contributed by atoms with Crippen molar-refractivity contribution < 1.29 is 4.79 Å². The molecule has 0 aromatic heterocycles. The molecule has 0 rings (SSSR count). The first kappa shape index (κ1) is 13.1. The van der Waals surface area contributed by atoms with E-state index in [2.05, 4.69) is 5.32 Å². The summed E-state index contributed by atoms with van der Waals surface area (Å²) in [4.78, 5) is 10.9. The molecule has 11 heavy (non-hydrogen) atoms. The fourth-order valence-electron chi connectivity index (χ4n) is 0.864. The van der Waals surface area contributed by atoms with Crippen LogP contribution in [0.3, 0.4) is 0 Å². The molecule has 2 heteroatoms. The van der Waals surface area contributed by atoms with Gasteiger partial charge in [0.25, 0.3) is 0 Å². The number of hydrogen-bond donors (Lipinski definition) is 1. The van der Waals surface area contributed by atoms with Crippen molar-refractivity contribution in [1.82, 2.24) is 5.32 Å². The van der Waals surface area contributed by atoms with Crippen molar-refractivity contribution >= 4 is 5.91 Å². The zero-order chi connectivity index (χ0) is 9.28. The van der Waals surface area contributed by atoms with Crippen LogP contribution in [0, 0.1) is 5.92 Å². The molecule has 0 aliphatic carbocycles. The molecule has 0 aliphatic rings. The summed E-state index contributed by atoms with van der Waals surface area (Å²) in [6.45, 7) is 8.06. The summed E-state index contributed by atoms with van der Waals surface area (Å²) in [6, 6.07) is 0. The van der Waals surface area contributed by atoms with Crippen LogP contribution >= 0.6 is 0 Å². The van der Waals surface area contributed by atoms with Crippen LogP contribution in [0.15, 0.2) is 0 Å². The molecule has 0 aromatic carbocycles. The van der Waals surface area contributed by atoms with Crippen molar-refractivity contribution in [3.05, 3.63) is 0 Å². The van der Waals surface area contributed by atoms with E-state index in [0.29, 0.717) is 0 Å². The van der Waals surface area contributed by atoms with Crippen LogP contribution in [0.25, 0.3) is 0 Å². The number of rotatable bonds is 3. The Morgan fingerprint density at radius 1 is 1.27 bits per heavy atom. The highest BCUT2D eigenvalue weighted by Gasteiger charge is 2.10. The van der Waals surface area contributed by atoms with E-state index in [1.54, 1.807) is 7.05 Å². The standard InChI is InChI=1S/C7H15NO.C2H6/c1-4-6(5-2)7(9)8-3;1-2/h6H,4-5H2,1-3H3,(H,8,9);1-2H3. The molecule has 0 atom stereocenters. The highest BCUT2D eigenvalue weighted by molar-refractivity contribution is 5.78. The van der Waals surface area contributed by atoms with Crippen molar-refractivity contribution in [2.45, 2.75) is 40.5 Å². The Labute approximate surface area is 70.4 Å². The summed E-state index contributed by atoms with van der Waals surface area (Å²) in [6.07, 6.45) is 1.88. The number of hydrogen-bond acceptors (Lipinski definition) is 1. The van der Waals surface area contributed by atoms with Gasteiger partial charge in [0.15, 0.2) is 0 Å². The van der Waals surface area contributed by atoms with Gasteiger partial charge in [0, 0.05) is 13.0 Å². The molecule has 1 N–H and O–H groups in total. The van der Waals surface area contributed by atoms with Crippen molar-refractivity contribution in [3.8, 4) is 0 Å². The van der Waals surface area contributed by atoms with E-state index >= 15 is 0 Å². The van der Waals surface area contributed by atoms with E-state index in [1.807, 2.05) is 27.7 Å². The highest BCUT2D eigenvalue weighted by atomic mass is 16.1. The van der Waals surface area contributed by atoms with Crippen molar-refractivity contribution in [2.24, 2.45) is 5.92 Å². The Balaban J connectivity index is 0. The first-order valence-corrected chi connectivity index (χ1v) is 4.47. The molecule has 0 bridgehead atoms. The van der Waals surface area contributed by atoms with Crippen LogP contribution in [-0.2, 0) is 4.79 Å². The number of nitrogens with one attached hydrogen (secondary N) is 1. The van der Waals surface area contributed by atoms with Gasteiger partial charge in [-0.25, -0.2) is 0 Å². The molecule has 0 saturated carbocycles. The maximum absolute atomic E-state index is 10.9. The average Bonchev–Trinajstić information content (AvgIpc) is 2.10.